The maximum absolute atomic E-state index is 13.0. The molecular weight excluding hydrogens is 690 g/mol. The highest BCUT2D eigenvalue weighted by molar-refractivity contribution is 5.80. The van der Waals surface area contributed by atoms with Crippen LogP contribution in [-0.4, -0.2) is 98.1 Å². The number of aliphatic hydroxyl groups is 5. The lowest BCUT2D eigenvalue weighted by Crippen LogP contribution is -2.61. The van der Waals surface area contributed by atoms with Crippen molar-refractivity contribution in [2.24, 2.45) is 0 Å². The number of hydrogen-bond donors (Lipinski definition) is 7. The summed E-state index contributed by atoms with van der Waals surface area (Å²) in [4.78, 5) is 24.5. The van der Waals surface area contributed by atoms with Crippen LogP contribution in [0.1, 0.15) is 206 Å². The monoisotopic (exact) mass is 774 g/mol. The Bertz CT molecular complexity index is 894. The zero-order valence-electron chi connectivity index (χ0n) is 34.4. The van der Waals surface area contributed by atoms with E-state index in [0.717, 1.165) is 44.9 Å². The quantitative estimate of drug-likeness (QED) is 0.0307. The molecule has 0 bridgehead atoms. The van der Waals surface area contributed by atoms with E-state index in [1.807, 2.05) is 0 Å². The fraction of sp³-hybridized carbons (Fsp3) is 0.953. The summed E-state index contributed by atoms with van der Waals surface area (Å²) in [5.41, 5.74) is 0. The van der Waals surface area contributed by atoms with Crippen molar-refractivity contribution in [3.63, 3.8) is 0 Å². The summed E-state index contributed by atoms with van der Waals surface area (Å²) in [6.45, 7) is 4.12. The van der Waals surface area contributed by atoms with Gasteiger partial charge in [0.15, 0.2) is 12.4 Å². The molecule has 0 spiro atoms. The molecule has 54 heavy (non-hydrogen) atoms. The van der Waals surface area contributed by atoms with Gasteiger partial charge in [0.05, 0.1) is 18.8 Å². The van der Waals surface area contributed by atoms with Crippen LogP contribution < -0.4 is 5.32 Å². The molecule has 0 aliphatic carbocycles. The van der Waals surface area contributed by atoms with Crippen molar-refractivity contribution in [2.75, 3.05) is 6.61 Å². The molecule has 11 heteroatoms. The second-order valence-electron chi connectivity index (χ2n) is 16.0. The van der Waals surface area contributed by atoms with Crippen molar-refractivity contribution in [1.29, 1.82) is 0 Å². The van der Waals surface area contributed by atoms with Crippen LogP contribution in [-0.2, 0) is 19.1 Å². The lowest BCUT2D eigenvalue weighted by atomic mass is 9.99. The number of ether oxygens (including phenoxy) is 2. The Balaban J connectivity index is 2.44. The summed E-state index contributed by atoms with van der Waals surface area (Å²) in [5.74, 6) is -2.17. The number of rotatable bonds is 37. The van der Waals surface area contributed by atoms with Gasteiger partial charge in [-0.2, -0.15) is 0 Å². The number of aliphatic carboxylic acids is 1. The van der Waals surface area contributed by atoms with Gasteiger partial charge < -0.3 is 45.4 Å². The molecule has 1 rings (SSSR count). The van der Waals surface area contributed by atoms with Crippen LogP contribution in [0, 0.1) is 0 Å². The highest BCUT2D eigenvalue weighted by Gasteiger charge is 2.47. The Morgan fingerprint density at radius 3 is 1.31 bits per heavy atom. The number of carbonyl (C=O) groups excluding carboxylic acids is 1. The number of nitrogens with one attached hydrogen (secondary N) is 1. The third-order valence-corrected chi connectivity index (χ3v) is 11.0. The van der Waals surface area contributed by atoms with Gasteiger partial charge in [-0.15, -0.1) is 0 Å². The van der Waals surface area contributed by atoms with Gasteiger partial charge in [0.25, 0.3) is 0 Å². The summed E-state index contributed by atoms with van der Waals surface area (Å²) in [5, 5.41) is 64.4. The van der Waals surface area contributed by atoms with Crippen molar-refractivity contribution in [2.45, 2.75) is 255 Å². The molecule has 320 valence electrons. The van der Waals surface area contributed by atoms with E-state index in [2.05, 4.69) is 19.2 Å². The second-order valence-corrected chi connectivity index (χ2v) is 16.0. The lowest BCUT2D eigenvalue weighted by Gasteiger charge is -2.39. The highest BCUT2D eigenvalue weighted by Crippen LogP contribution is 2.23. The van der Waals surface area contributed by atoms with Crippen LogP contribution in [0.2, 0.25) is 0 Å². The molecule has 0 radical (unpaired) electrons. The summed E-state index contributed by atoms with van der Waals surface area (Å²) >= 11 is 0. The maximum Gasteiger partial charge on any atom is 0.335 e. The summed E-state index contributed by atoms with van der Waals surface area (Å²) in [7, 11) is 0. The first-order valence-corrected chi connectivity index (χ1v) is 22.3. The molecule has 7 N–H and O–H groups in total. The Hall–Kier alpha value is -1.34. The minimum Gasteiger partial charge on any atom is -0.479 e. The fourth-order valence-electron chi connectivity index (χ4n) is 7.33. The third kappa shape index (κ3) is 24.3. The average Bonchev–Trinajstić information content (AvgIpc) is 3.15. The number of unbranched alkanes of at least 4 members (excludes halogenated alkanes) is 26. The van der Waals surface area contributed by atoms with Gasteiger partial charge in [-0.1, -0.05) is 194 Å². The minimum absolute atomic E-state index is 0.293. The summed E-state index contributed by atoms with van der Waals surface area (Å²) in [6, 6.07) is -0.978. The minimum atomic E-state index is -1.86. The van der Waals surface area contributed by atoms with E-state index in [1.54, 1.807) is 0 Å². The smallest absolute Gasteiger partial charge is 0.335 e. The first-order valence-electron chi connectivity index (χ1n) is 22.3. The number of hydrogen-bond acceptors (Lipinski definition) is 9. The van der Waals surface area contributed by atoms with Gasteiger partial charge in [0, 0.05) is 0 Å². The number of carboxylic acid groups (broad SMARTS) is 1. The summed E-state index contributed by atoms with van der Waals surface area (Å²) < 4.78 is 10.8. The Morgan fingerprint density at radius 1 is 0.556 bits per heavy atom. The van der Waals surface area contributed by atoms with E-state index in [0.29, 0.717) is 19.3 Å². The van der Waals surface area contributed by atoms with E-state index < -0.39 is 60.8 Å². The molecule has 0 aromatic carbocycles. The van der Waals surface area contributed by atoms with E-state index in [1.165, 1.54) is 128 Å². The van der Waals surface area contributed by atoms with Crippen LogP contribution in [0.15, 0.2) is 0 Å². The molecule has 0 unspecified atom stereocenters. The predicted octanol–water partition coefficient (Wildman–Crippen LogP) is 7.84. The Morgan fingerprint density at radius 2 is 0.926 bits per heavy atom. The molecular formula is C43H83NO10. The molecule has 1 aliphatic heterocycles. The molecule has 1 aliphatic rings. The maximum atomic E-state index is 13.0. The molecule has 0 aromatic heterocycles. The molecule has 11 nitrogen and oxygen atoms in total. The molecule has 1 amide bonds. The van der Waals surface area contributed by atoms with E-state index in [9.17, 15) is 40.2 Å². The number of amides is 1. The molecule has 1 saturated heterocycles. The third-order valence-electron chi connectivity index (χ3n) is 11.0. The molecule has 8 atom stereocenters. The van der Waals surface area contributed by atoms with Gasteiger partial charge in [0.2, 0.25) is 5.91 Å². The topological polar surface area (TPSA) is 186 Å². The Labute approximate surface area is 328 Å². The van der Waals surface area contributed by atoms with Crippen LogP contribution in [0.4, 0.5) is 0 Å². The zero-order chi connectivity index (χ0) is 39.8. The Kier molecular flexibility index (Phi) is 31.7. The van der Waals surface area contributed by atoms with Gasteiger partial charge in [-0.25, -0.2) is 4.79 Å². The van der Waals surface area contributed by atoms with Gasteiger partial charge in [-0.3, -0.25) is 4.79 Å². The van der Waals surface area contributed by atoms with E-state index >= 15 is 0 Å². The van der Waals surface area contributed by atoms with E-state index in [4.69, 9.17) is 9.47 Å². The average molecular weight is 774 g/mol. The molecule has 0 aromatic rings. The number of aliphatic hydroxyl groups excluding tert-OH is 5. The predicted molar refractivity (Wildman–Crippen MR) is 214 cm³/mol. The number of carbonyl (C=O) groups is 2. The zero-order valence-corrected chi connectivity index (χ0v) is 34.4. The van der Waals surface area contributed by atoms with Gasteiger partial charge in [-0.05, 0) is 12.8 Å². The first-order chi connectivity index (χ1) is 26.1. The van der Waals surface area contributed by atoms with Crippen LogP contribution in [0.5, 0.6) is 0 Å². The number of carboxylic acids is 1. The fourth-order valence-corrected chi connectivity index (χ4v) is 7.33. The summed E-state index contributed by atoms with van der Waals surface area (Å²) in [6.07, 6.45) is 23.3. The van der Waals surface area contributed by atoms with Gasteiger partial charge >= 0.3 is 5.97 Å². The van der Waals surface area contributed by atoms with Crippen molar-refractivity contribution in [3.05, 3.63) is 0 Å². The van der Waals surface area contributed by atoms with Crippen LogP contribution in [0.25, 0.3) is 0 Å². The van der Waals surface area contributed by atoms with Crippen LogP contribution >= 0.6 is 0 Å². The molecule has 1 fully saturated rings. The molecule has 0 saturated carbocycles. The largest absolute Gasteiger partial charge is 0.479 e. The normalized spacial score (nSPS) is 21.9. The SMILES string of the molecule is CCCCCCCCCCCCCCCCC[C@@H](O)C(=O)N[C@@H](CO[C@H]1O[C@H](C(=O)O)[C@H](O)[C@H](O)[C@H]1O)[C@H](O)CCCCCCCCCCCCCCC. The van der Waals surface area contributed by atoms with E-state index in [-0.39, 0.29) is 6.61 Å². The van der Waals surface area contributed by atoms with Crippen LogP contribution in [0.3, 0.4) is 0 Å². The lowest BCUT2D eigenvalue weighted by molar-refractivity contribution is -0.295. The van der Waals surface area contributed by atoms with Crippen molar-refractivity contribution in [1.82, 2.24) is 5.32 Å². The highest BCUT2D eigenvalue weighted by atomic mass is 16.7. The van der Waals surface area contributed by atoms with Gasteiger partial charge in [0.1, 0.15) is 24.4 Å². The second kappa shape index (κ2) is 33.8. The van der Waals surface area contributed by atoms with Crippen molar-refractivity contribution < 1.29 is 49.7 Å². The van der Waals surface area contributed by atoms with Crippen molar-refractivity contribution in [3.8, 4) is 0 Å². The first kappa shape index (κ1) is 50.7. The standard InChI is InChI=1S/C43H83NO10/c1-3-5-7-9-11-13-15-17-18-20-22-24-26-28-30-32-36(46)41(50)44-34(33-53-43-39(49)37(47)38(48)40(54-43)42(51)52)35(45)31-29-27-25-23-21-19-16-14-12-10-8-6-4-2/h34-40,43,45-49H,3-33H2,1-2H3,(H,44,50)(H,51,52)/t34-,35+,36+,37-,38+,39+,40-,43-/m0/s1. The van der Waals surface area contributed by atoms with Crippen molar-refractivity contribution >= 4 is 11.9 Å². The molecule has 1 heterocycles.